The molecule has 0 aliphatic rings. The fourth-order valence-corrected chi connectivity index (χ4v) is 6.29. The van der Waals surface area contributed by atoms with E-state index in [2.05, 4.69) is 54.8 Å². The van der Waals surface area contributed by atoms with Crippen molar-refractivity contribution in [2.45, 2.75) is 102 Å². The summed E-state index contributed by atoms with van der Waals surface area (Å²) in [6.07, 6.45) is 1.44. The molecule has 352 valence electrons. The van der Waals surface area contributed by atoms with Crippen LogP contribution in [-0.4, -0.2) is 143 Å². The third-order valence-electron chi connectivity index (χ3n) is 9.32. The number of guanidine groups is 1. The SMILES string of the molecule is CC[C@H](C)[C@H](NC(=O)[C@H](Cc1ccc(O)cc1)NC(=O)[C@H](CCCN=C(N)N)NC(=O)[C@H](CCSC)NC(=O)[C@H](CS)NC(=O)[C@H](CC(N)=O)NC(=O)CNC(=O)[C@H](C)N)C(=O)O. The van der Waals surface area contributed by atoms with Gasteiger partial charge in [-0.1, -0.05) is 32.4 Å². The fraction of sp³-hybridized carbons (Fsp3) is 0.579. The van der Waals surface area contributed by atoms with Gasteiger partial charge in [0, 0.05) is 18.7 Å². The van der Waals surface area contributed by atoms with Crippen LogP contribution in [0.2, 0.25) is 0 Å². The third-order valence-corrected chi connectivity index (χ3v) is 10.3. The molecule has 17 N–H and O–H groups in total. The van der Waals surface area contributed by atoms with E-state index >= 15 is 0 Å². The van der Waals surface area contributed by atoms with Crippen molar-refractivity contribution in [2.75, 3.05) is 30.9 Å². The van der Waals surface area contributed by atoms with Gasteiger partial charge in [0.15, 0.2) is 5.96 Å². The average Bonchev–Trinajstić information content (AvgIpc) is 3.22. The smallest absolute Gasteiger partial charge is 0.326 e. The first-order chi connectivity index (χ1) is 29.6. The summed E-state index contributed by atoms with van der Waals surface area (Å²) in [5, 5.41) is 36.8. The number of phenolic OH excluding ortho intramolecular Hbond substituents is 1. The lowest BCUT2D eigenvalue weighted by Gasteiger charge is -2.28. The zero-order chi connectivity index (χ0) is 47.8. The van der Waals surface area contributed by atoms with Gasteiger partial charge in [0.25, 0.3) is 0 Å². The van der Waals surface area contributed by atoms with E-state index in [1.807, 2.05) is 0 Å². The van der Waals surface area contributed by atoms with Crippen LogP contribution < -0.4 is 60.2 Å². The fourth-order valence-electron chi connectivity index (χ4n) is 5.56. The lowest BCUT2D eigenvalue weighted by atomic mass is 9.98. The standard InChI is InChI=1S/C38H62N12O11S2/c1-5-19(2)30(37(60)61)50-35(58)25(15-21-8-10-22(51)11-9-21)48-32(55)23(7-6-13-43-38(41)42)46-33(56)24(12-14-63-4)47-36(59)27(18-62)49-34(57)26(16-28(40)52)45-29(53)17-44-31(54)20(3)39/h8-11,19-20,23-27,30,51,62H,5-7,12-18,39H2,1-4H3,(H2,40,52)(H,44,54)(H,45,53)(H,46,56)(H,47,59)(H,48,55)(H,49,57)(H,50,58)(H,60,61)(H4,41,42,43)/t19-,20-,23-,24-,25-,26-,27-,30-/m0/s1. The highest BCUT2D eigenvalue weighted by Crippen LogP contribution is 2.14. The van der Waals surface area contributed by atoms with Crippen molar-refractivity contribution in [3.63, 3.8) is 0 Å². The van der Waals surface area contributed by atoms with Crippen LogP contribution in [0.25, 0.3) is 0 Å². The van der Waals surface area contributed by atoms with Gasteiger partial charge in [-0.05, 0) is 61.8 Å². The summed E-state index contributed by atoms with van der Waals surface area (Å²) in [4.78, 5) is 121. The third kappa shape index (κ3) is 21.2. The van der Waals surface area contributed by atoms with E-state index in [0.717, 1.165) is 0 Å². The molecule has 1 rings (SSSR count). The lowest BCUT2D eigenvalue weighted by Crippen LogP contribution is -2.60. The number of thioether (sulfide) groups is 1. The summed E-state index contributed by atoms with van der Waals surface area (Å²) >= 11 is 5.50. The Balaban J connectivity index is 3.40. The lowest BCUT2D eigenvalue weighted by molar-refractivity contribution is -0.144. The van der Waals surface area contributed by atoms with Crippen molar-refractivity contribution in [1.82, 2.24) is 37.2 Å². The van der Waals surface area contributed by atoms with Crippen LogP contribution in [-0.2, 0) is 49.6 Å². The van der Waals surface area contributed by atoms with E-state index in [1.54, 1.807) is 20.1 Å². The summed E-state index contributed by atoms with van der Waals surface area (Å²) < 4.78 is 0. The van der Waals surface area contributed by atoms with Gasteiger partial charge >= 0.3 is 5.97 Å². The molecular formula is C38H62N12O11S2. The Morgan fingerprint density at radius 1 is 0.746 bits per heavy atom. The molecule has 1 aromatic carbocycles. The molecule has 1 aromatic rings. The molecule has 0 radical (unpaired) electrons. The molecule has 0 unspecified atom stereocenters. The highest BCUT2D eigenvalue weighted by Gasteiger charge is 2.34. The topological polar surface area (TPSA) is 395 Å². The molecule has 0 fully saturated rings. The second-order valence-electron chi connectivity index (χ2n) is 14.5. The summed E-state index contributed by atoms with van der Waals surface area (Å²) in [7, 11) is 0. The van der Waals surface area contributed by atoms with E-state index in [1.165, 1.54) is 43.0 Å². The number of primary amides is 1. The molecule has 0 aromatic heterocycles. The maximum absolute atomic E-state index is 14.0. The minimum absolute atomic E-state index is 0.0277. The Hall–Kier alpha value is -5.82. The number of nitrogens with zero attached hydrogens (tertiary/aromatic N) is 1. The minimum Gasteiger partial charge on any atom is -0.508 e. The number of aliphatic carboxylic acids is 1. The maximum Gasteiger partial charge on any atom is 0.326 e. The monoisotopic (exact) mass is 926 g/mol. The average molecular weight is 927 g/mol. The molecule has 0 heterocycles. The number of nitrogens with two attached hydrogens (primary N) is 4. The van der Waals surface area contributed by atoms with E-state index < -0.39 is 114 Å². The number of carboxylic acids is 1. The predicted octanol–water partition coefficient (Wildman–Crippen LogP) is -3.95. The number of rotatable bonds is 29. The molecule has 0 bridgehead atoms. The summed E-state index contributed by atoms with van der Waals surface area (Å²) in [6, 6.07) is -3.50. The Bertz CT molecular complexity index is 1770. The largest absolute Gasteiger partial charge is 0.508 e. The number of carbonyl (C=O) groups excluding carboxylic acids is 8. The normalized spacial score (nSPS) is 14.6. The van der Waals surface area contributed by atoms with Crippen molar-refractivity contribution in [2.24, 2.45) is 33.8 Å². The molecule has 0 spiro atoms. The molecule has 23 nitrogen and oxygen atoms in total. The second kappa shape index (κ2) is 28.7. The number of hydrogen-bond acceptors (Lipinski definition) is 14. The molecule has 0 aliphatic heterocycles. The predicted molar refractivity (Wildman–Crippen MR) is 238 cm³/mol. The van der Waals surface area contributed by atoms with Gasteiger partial charge in [0.2, 0.25) is 47.3 Å². The quantitative estimate of drug-likeness (QED) is 0.0158. The Kier molecular flexibility index (Phi) is 25.2. The number of carboxylic acid groups (broad SMARTS) is 1. The van der Waals surface area contributed by atoms with Gasteiger partial charge in [0.1, 0.15) is 42.0 Å². The van der Waals surface area contributed by atoms with Crippen LogP contribution in [0, 0.1) is 5.92 Å². The molecule has 63 heavy (non-hydrogen) atoms. The first kappa shape index (κ1) is 55.2. The Morgan fingerprint density at radius 3 is 1.78 bits per heavy atom. The molecule has 0 aliphatic carbocycles. The zero-order valence-corrected chi connectivity index (χ0v) is 37.4. The number of amides is 8. The zero-order valence-electron chi connectivity index (χ0n) is 35.7. The van der Waals surface area contributed by atoms with Gasteiger partial charge in [-0.25, -0.2) is 4.79 Å². The highest BCUT2D eigenvalue weighted by molar-refractivity contribution is 7.98. The summed E-state index contributed by atoms with van der Waals surface area (Å²) in [5.74, 6) is -8.96. The van der Waals surface area contributed by atoms with Crippen LogP contribution in [0.15, 0.2) is 29.3 Å². The summed E-state index contributed by atoms with van der Waals surface area (Å²) in [6.45, 7) is 4.24. The number of nitrogens with one attached hydrogen (secondary N) is 7. The first-order valence-electron chi connectivity index (χ1n) is 19.9. The van der Waals surface area contributed by atoms with Crippen LogP contribution in [0.4, 0.5) is 0 Å². The Labute approximate surface area is 375 Å². The van der Waals surface area contributed by atoms with E-state index in [9.17, 15) is 53.4 Å². The van der Waals surface area contributed by atoms with Crippen LogP contribution in [0.1, 0.15) is 58.4 Å². The van der Waals surface area contributed by atoms with Crippen molar-refractivity contribution >= 4 is 83.6 Å². The van der Waals surface area contributed by atoms with E-state index in [-0.39, 0.29) is 49.7 Å². The number of phenols is 1. The van der Waals surface area contributed by atoms with Crippen LogP contribution in [0.3, 0.4) is 0 Å². The van der Waals surface area contributed by atoms with Gasteiger partial charge < -0.3 is 70.4 Å². The number of carbonyl (C=O) groups is 9. The summed E-state index contributed by atoms with van der Waals surface area (Å²) in [5.41, 5.74) is 22.2. The molecular weight excluding hydrogens is 865 g/mol. The number of hydrogen-bond donors (Lipinski definition) is 14. The minimum atomic E-state index is -1.57. The van der Waals surface area contributed by atoms with Gasteiger partial charge in [-0.2, -0.15) is 24.4 Å². The number of aromatic hydroxyl groups is 1. The highest BCUT2D eigenvalue weighted by atomic mass is 32.2. The number of benzene rings is 1. The van der Waals surface area contributed by atoms with E-state index in [0.29, 0.717) is 17.7 Å². The second-order valence-corrected chi connectivity index (χ2v) is 15.9. The van der Waals surface area contributed by atoms with Gasteiger partial charge in [-0.3, -0.25) is 43.3 Å². The van der Waals surface area contributed by atoms with E-state index in [4.69, 9.17) is 22.9 Å². The molecule has 25 heteroatoms. The van der Waals surface area contributed by atoms with Crippen LogP contribution >= 0.6 is 24.4 Å². The first-order valence-corrected chi connectivity index (χ1v) is 21.9. The van der Waals surface area contributed by atoms with Gasteiger partial charge in [-0.15, -0.1) is 0 Å². The van der Waals surface area contributed by atoms with Crippen molar-refractivity contribution in [3.05, 3.63) is 29.8 Å². The molecule has 0 saturated carbocycles. The number of aliphatic imine (C=N–C) groups is 1. The Morgan fingerprint density at radius 2 is 1.27 bits per heavy atom. The van der Waals surface area contributed by atoms with Crippen LogP contribution in [0.5, 0.6) is 5.75 Å². The number of thiol groups is 1. The molecule has 0 saturated heterocycles. The van der Waals surface area contributed by atoms with Crippen molar-refractivity contribution in [3.8, 4) is 5.75 Å². The van der Waals surface area contributed by atoms with Gasteiger partial charge in [0.05, 0.1) is 19.0 Å². The molecule has 8 atom stereocenters. The van der Waals surface area contributed by atoms with Crippen molar-refractivity contribution < 1.29 is 53.4 Å². The van der Waals surface area contributed by atoms with Crippen molar-refractivity contribution in [1.29, 1.82) is 0 Å². The molecule has 8 amide bonds. The maximum atomic E-state index is 14.0.